The zero-order valence-corrected chi connectivity index (χ0v) is 5.29. The molecule has 0 aromatic heterocycles. The van der Waals surface area contributed by atoms with Crippen molar-refractivity contribution in [2.24, 2.45) is 5.14 Å². The first kappa shape index (κ1) is 8.77. The van der Waals surface area contributed by atoms with Crippen molar-refractivity contribution in [1.82, 2.24) is 0 Å². The highest BCUT2D eigenvalue weighted by atomic mass is 32.2. The lowest BCUT2D eigenvalue weighted by atomic mass is 10.5. The summed E-state index contributed by atoms with van der Waals surface area (Å²) in [5, 5.41) is 4.41. The van der Waals surface area contributed by atoms with E-state index in [0.717, 1.165) is 0 Å². The number of sulfonamides is 1. The molecular formula is C3H6F2NO2S. The minimum Gasteiger partial charge on any atom is -0.229 e. The van der Waals surface area contributed by atoms with Crippen LogP contribution in [-0.4, -0.2) is 14.2 Å². The first-order valence-electron chi connectivity index (χ1n) is 2.09. The van der Waals surface area contributed by atoms with Gasteiger partial charge in [-0.05, 0) is 0 Å². The van der Waals surface area contributed by atoms with Crippen molar-refractivity contribution < 1.29 is 17.2 Å². The van der Waals surface area contributed by atoms with Gasteiger partial charge in [0.2, 0.25) is 10.0 Å². The lowest BCUT2D eigenvalue weighted by Gasteiger charge is -1.93. The Kier molecular flexibility index (Phi) is 2.99. The molecule has 6 heteroatoms. The standard InChI is InChI=1S/C3H6F2NO2S/c4-3(5)1-2-9(6,7)8/h1-2H2,(H2,6,7,8). The number of hydrogen-bond donors (Lipinski definition) is 1. The Morgan fingerprint density at radius 2 is 1.89 bits per heavy atom. The first-order valence-corrected chi connectivity index (χ1v) is 3.80. The molecule has 9 heavy (non-hydrogen) atoms. The van der Waals surface area contributed by atoms with Crippen molar-refractivity contribution in [3.63, 3.8) is 0 Å². The van der Waals surface area contributed by atoms with E-state index < -0.39 is 28.6 Å². The van der Waals surface area contributed by atoms with E-state index in [4.69, 9.17) is 0 Å². The van der Waals surface area contributed by atoms with Gasteiger partial charge in [0.15, 0.2) is 0 Å². The van der Waals surface area contributed by atoms with Crippen LogP contribution in [0.4, 0.5) is 8.78 Å². The second-order valence-electron chi connectivity index (χ2n) is 1.46. The predicted octanol–water partition coefficient (Wildman–Crippen LogP) is 0.0935. The van der Waals surface area contributed by atoms with Gasteiger partial charge in [0.25, 0.3) is 0 Å². The predicted molar refractivity (Wildman–Crippen MR) is 28.1 cm³/mol. The van der Waals surface area contributed by atoms with Crippen LogP contribution in [0.25, 0.3) is 0 Å². The Morgan fingerprint density at radius 3 is 2.00 bits per heavy atom. The Labute approximate surface area is 51.9 Å². The van der Waals surface area contributed by atoms with E-state index in [0.29, 0.717) is 0 Å². The fourth-order valence-corrected chi connectivity index (χ4v) is 0.658. The Bertz CT molecular complexity index is 165. The Balaban J connectivity index is 3.53. The summed E-state index contributed by atoms with van der Waals surface area (Å²) >= 11 is 0. The van der Waals surface area contributed by atoms with E-state index in [1.54, 1.807) is 0 Å². The van der Waals surface area contributed by atoms with Gasteiger partial charge < -0.3 is 0 Å². The van der Waals surface area contributed by atoms with Crippen molar-refractivity contribution in [3.05, 3.63) is 6.43 Å². The highest BCUT2D eigenvalue weighted by Crippen LogP contribution is 2.08. The number of nitrogens with two attached hydrogens (primary N) is 1. The second-order valence-corrected chi connectivity index (χ2v) is 3.19. The van der Waals surface area contributed by atoms with Gasteiger partial charge in [-0.2, -0.15) is 8.78 Å². The SMILES string of the molecule is NS(=O)(=O)CC[C](F)F. The summed E-state index contributed by atoms with van der Waals surface area (Å²) in [4.78, 5) is 0. The van der Waals surface area contributed by atoms with E-state index in [1.165, 1.54) is 0 Å². The molecule has 0 aromatic carbocycles. The molecule has 0 bridgehead atoms. The molecule has 0 saturated heterocycles. The molecule has 2 N–H and O–H groups in total. The summed E-state index contributed by atoms with van der Waals surface area (Å²) < 4.78 is 42.3. The molecule has 0 atom stereocenters. The molecule has 0 amide bonds. The smallest absolute Gasteiger partial charge is 0.229 e. The molecule has 0 heterocycles. The summed E-state index contributed by atoms with van der Waals surface area (Å²) in [6.45, 7) is 0. The van der Waals surface area contributed by atoms with Gasteiger partial charge in [0.1, 0.15) is 0 Å². The molecule has 1 radical (unpaired) electrons. The van der Waals surface area contributed by atoms with Crippen LogP contribution in [0.15, 0.2) is 0 Å². The van der Waals surface area contributed by atoms with Gasteiger partial charge in [-0.15, -0.1) is 0 Å². The van der Waals surface area contributed by atoms with Crippen LogP contribution in [0.5, 0.6) is 0 Å². The number of primary sulfonamides is 1. The van der Waals surface area contributed by atoms with Crippen molar-refractivity contribution in [1.29, 1.82) is 0 Å². The molecule has 0 aromatic rings. The van der Waals surface area contributed by atoms with E-state index in [1.807, 2.05) is 0 Å². The van der Waals surface area contributed by atoms with Crippen LogP contribution >= 0.6 is 0 Å². The van der Waals surface area contributed by atoms with E-state index >= 15 is 0 Å². The third kappa shape index (κ3) is 7.77. The average Bonchev–Trinajstić information content (AvgIpc) is 1.59. The number of halogens is 2. The lowest BCUT2D eigenvalue weighted by Crippen LogP contribution is -2.16. The van der Waals surface area contributed by atoms with E-state index in [9.17, 15) is 17.2 Å². The Morgan fingerprint density at radius 1 is 1.44 bits per heavy atom. The van der Waals surface area contributed by atoms with Gasteiger partial charge in [-0.1, -0.05) is 0 Å². The third-order valence-corrected chi connectivity index (χ3v) is 1.35. The molecular weight excluding hydrogens is 152 g/mol. The average molecular weight is 158 g/mol. The van der Waals surface area contributed by atoms with Crippen LogP contribution in [0.1, 0.15) is 6.42 Å². The van der Waals surface area contributed by atoms with Crippen molar-refractivity contribution >= 4 is 10.0 Å². The summed E-state index contributed by atoms with van der Waals surface area (Å²) in [6.07, 6.45) is -2.68. The van der Waals surface area contributed by atoms with Crippen LogP contribution in [0.3, 0.4) is 0 Å². The lowest BCUT2D eigenvalue weighted by molar-refractivity contribution is 0.278. The normalized spacial score (nSPS) is 12.4. The van der Waals surface area contributed by atoms with Gasteiger partial charge in [-0.3, -0.25) is 0 Å². The fraction of sp³-hybridized carbons (Fsp3) is 0.667. The van der Waals surface area contributed by atoms with Crippen molar-refractivity contribution in [2.75, 3.05) is 5.75 Å². The Hall–Kier alpha value is -0.230. The quantitative estimate of drug-likeness (QED) is 0.632. The van der Waals surface area contributed by atoms with Crippen LogP contribution in [-0.2, 0) is 10.0 Å². The zero-order valence-electron chi connectivity index (χ0n) is 4.47. The molecule has 0 saturated carbocycles. The van der Waals surface area contributed by atoms with Gasteiger partial charge >= 0.3 is 6.43 Å². The van der Waals surface area contributed by atoms with Crippen molar-refractivity contribution in [2.45, 2.75) is 6.42 Å². The summed E-state index contributed by atoms with van der Waals surface area (Å²) in [7, 11) is -3.72. The summed E-state index contributed by atoms with van der Waals surface area (Å²) in [6, 6.07) is 0. The van der Waals surface area contributed by atoms with Crippen LogP contribution in [0, 0.1) is 6.43 Å². The van der Waals surface area contributed by atoms with E-state index in [-0.39, 0.29) is 0 Å². The van der Waals surface area contributed by atoms with Gasteiger partial charge in [-0.25, -0.2) is 13.6 Å². The van der Waals surface area contributed by atoms with Gasteiger partial charge in [0, 0.05) is 6.42 Å². The van der Waals surface area contributed by atoms with Crippen LogP contribution < -0.4 is 5.14 Å². The minimum absolute atomic E-state index is 0.685. The molecule has 0 fully saturated rings. The number of hydrogen-bond acceptors (Lipinski definition) is 2. The molecule has 0 spiro atoms. The maximum atomic E-state index is 11.2. The first-order chi connectivity index (χ1) is 3.92. The van der Waals surface area contributed by atoms with Gasteiger partial charge in [0.05, 0.1) is 5.75 Å². The molecule has 0 aliphatic carbocycles. The highest BCUT2D eigenvalue weighted by molar-refractivity contribution is 7.89. The summed E-state index contributed by atoms with van der Waals surface area (Å²) in [5.74, 6) is -0.685. The molecule has 55 valence electrons. The molecule has 0 rings (SSSR count). The highest BCUT2D eigenvalue weighted by Gasteiger charge is 2.10. The molecule has 0 unspecified atom stereocenters. The second kappa shape index (κ2) is 3.07. The zero-order chi connectivity index (χ0) is 7.49. The summed E-state index contributed by atoms with van der Waals surface area (Å²) in [5.41, 5.74) is 0. The third-order valence-electron chi connectivity index (χ3n) is 0.576. The maximum Gasteiger partial charge on any atom is 0.311 e. The monoisotopic (exact) mass is 158 g/mol. The molecule has 3 nitrogen and oxygen atoms in total. The van der Waals surface area contributed by atoms with E-state index in [2.05, 4.69) is 5.14 Å². The van der Waals surface area contributed by atoms with Crippen LogP contribution in [0.2, 0.25) is 0 Å². The topological polar surface area (TPSA) is 60.2 Å². The largest absolute Gasteiger partial charge is 0.311 e. The fourth-order valence-electron chi connectivity index (χ4n) is 0.219. The van der Waals surface area contributed by atoms with Crippen molar-refractivity contribution in [3.8, 4) is 0 Å². The minimum atomic E-state index is -3.72. The number of rotatable bonds is 3. The molecule has 0 aliphatic rings. The molecule has 0 aliphatic heterocycles. The maximum absolute atomic E-state index is 11.2.